The largest absolute Gasteiger partial charge is 0.460 e. The second-order valence-corrected chi connectivity index (χ2v) is 17.9. The fourth-order valence-electron chi connectivity index (χ4n) is 11.0. The highest BCUT2D eigenvalue weighted by Crippen LogP contribution is 2.47. The van der Waals surface area contributed by atoms with Crippen LogP contribution in [0.25, 0.3) is 72.0 Å². The van der Waals surface area contributed by atoms with Gasteiger partial charge in [0.25, 0.3) is 0 Å². The van der Waals surface area contributed by atoms with Crippen LogP contribution in [0.1, 0.15) is 45.9 Å². The molecule has 1 aromatic heterocycles. The molecular weight excluding hydrogens is 799 g/mol. The third kappa shape index (κ3) is 6.48. The summed E-state index contributed by atoms with van der Waals surface area (Å²) in [5, 5.41) is 6.18. The van der Waals surface area contributed by atoms with Crippen LogP contribution in [0.3, 0.4) is 0 Å². The summed E-state index contributed by atoms with van der Waals surface area (Å²) in [6.45, 7) is 0. The predicted molar refractivity (Wildman–Crippen MR) is 277 cm³/mol. The van der Waals surface area contributed by atoms with E-state index in [1.54, 1.807) is 0 Å². The number of anilines is 3. The highest BCUT2D eigenvalue weighted by molar-refractivity contribution is 6.12. The second-order valence-electron chi connectivity index (χ2n) is 17.9. The van der Waals surface area contributed by atoms with E-state index in [1.165, 1.54) is 88.1 Å². The first kappa shape index (κ1) is 38.3. The van der Waals surface area contributed by atoms with Crippen molar-refractivity contribution in [1.82, 2.24) is 0 Å². The number of allylic oxidation sites excluding steroid dienone is 6. The standard InChI is InChI=1S/C64H45NO/c1-2-14-44(15-3-1)60-41-51(34-35-58(60)56-27-13-19-43-16-4-7-22-52(43)56)65(50-21-12-20-47(38-50)59-40-48-18-6-8-23-53(48)55-25-10-11-26-57(55)59)49-32-28-42(29-33-49)46-31-36-62-61(39-46)64-54-24-9-5-17-45(54)30-37-63(64)66-62/h1-30,32-35,37-41,48,53H,31,36H2. The minimum absolute atomic E-state index is 0.311. The van der Waals surface area contributed by atoms with Gasteiger partial charge in [-0.2, -0.15) is 0 Å². The van der Waals surface area contributed by atoms with Gasteiger partial charge in [-0.15, -0.1) is 0 Å². The Kier molecular flexibility index (Phi) is 9.16. The molecule has 2 unspecified atom stereocenters. The van der Waals surface area contributed by atoms with E-state index in [4.69, 9.17) is 4.42 Å². The van der Waals surface area contributed by atoms with E-state index in [-0.39, 0.29) is 0 Å². The summed E-state index contributed by atoms with van der Waals surface area (Å²) in [5.41, 5.74) is 18.0. The van der Waals surface area contributed by atoms with Gasteiger partial charge in [-0.05, 0) is 132 Å². The minimum Gasteiger partial charge on any atom is -0.460 e. The van der Waals surface area contributed by atoms with Gasteiger partial charge in [-0.3, -0.25) is 0 Å². The van der Waals surface area contributed by atoms with E-state index < -0.39 is 0 Å². The summed E-state index contributed by atoms with van der Waals surface area (Å²) < 4.78 is 6.47. The van der Waals surface area contributed by atoms with Crippen molar-refractivity contribution in [2.24, 2.45) is 5.92 Å². The summed E-state index contributed by atoms with van der Waals surface area (Å²) in [6.07, 6.45) is 15.7. The Labute approximate surface area is 385 Å². The van der Waals surface area contributed by atoms with Crippen LogP contribution in [-0.2, 0) is 6.42 Å². The SMILES string of the molecule is C1=CC2C=C(c3cccc(N(c4ccc(C5=Cc6c(oc7ccc8ccccc8c67)CC5)cc4)c4ccc(-c5cccc6ccccc56)c(-c5ccccc5)c4)c3)c3ccccc3C2C=C1. The van der Waals surface area contributed by atoms with Crippen LogP contribution in [0.2, 0.25) is 0 Å². The lowest BCUT2D eigenvalue weighted by Gasteiger charge is -2.31. The van der Waals surface area contributed by atoms with Crippen LogP contribution in [0, 0.1) is 5.92 Å². The lowest BCUT2D eigenvalue weighted by atomic mass is 9.73. The highest BCUT2D eigenvalue weighted by Gasteiger charge is 2.29. The van der Waals surface area contributed by atoms with Gasteiger partial charge in [0.1, 0.15) is 11.3 Å². The van der Waals surface area contributed by atoms with Crippen molar-refractivity contribution in [1.29, 1.82) is 0 Å². The monoisotopic (exact) mass is 843 g/mol. The maximum Gasteiger partial charge on any atom is 0.135 e. The molecule has 2 heteroatoms. The first-order valence-corrected chi connectivity index (χ1v) is 23.2. The van der Waals surface area contributed by atoms with Crippen molar-refractivity contribution in [2.45, 2.75) is 18.8 Å². The Morgan fingerprint density at radius 1 is 0.455 bits per heavy atom. The van der Waals surface area contributed by atoms with Crippen LogP contribution in [0.15, 0.2) is 235 Å². The van der Waals surface area contributed by atoms with E-state index in [0.29, 0.717) is 11.8 Å². The molecule has 9 aromatic carbocycles. The Balaban J connectivity index is 0.963. The molecule has 0 bridgehead atoms. The van der Waals surface area contributed by atoms with Crippen LogP contribution in [-0.4, -0.2) is 0 Å². The number of aryl methyl sites for hydroxylation is 1. The summed E-state index contributed by atoms with van der Waals surface area (Å²) >= 11 is 0. The molecule has 312 valence electrons. The van der Waals surface area contributed by atoms with Crippen LogP contribution >= 0.6 is 0 Å². The fraction of sp³-hybridized carbons (Fsp3) is 0.0625. The van der Waals surface area contributed by atoms with E-state index in [9.17, 15) is 0 Å². The second kappa shape index (κ2) is 15.8. The Morgan fingerprint density at radius 3 is 2.05 bits per heavy atom. The predicted octanol–water partition coefficient (Wildman–Crippen LogP) is 17.3. The number of nitrogens with zero attached hydrogens (tertiary/aromatic N) is 1. The number of benzene rings is 9. The van der Waals surface area contributed by atoms with Crippen molar-refractivity contribution in [3.05, 3.63) is 264 Å². The van der Waals surface area contributed by atoms with Gasteiger partial charge in [-0.25, -0.2) is 0 Å². The first-order valence-electron chi connectivity index (χ1n) is 23.2. The van der Waals surface area contributed by atoms with Gasteiger partial charge in [0, 0.05) is 46.3 Å². The molecule has 2 atom stereocenters. The molecule has 0 amide bonds. The zero-order valence-electron chi connectivity index (χ0n) is 36.4. The zero-order valence-corrected chi connectivity index (χ0v) is 36.4. The van der Waals surface area contributed by atoms with Crippen molar-refractivity contribution in [3.8, 4) is 22.3 Å². The van der Waals surface area contributed by atoms with Gasteiger partial charge in [0.15, 0.2) is 0 Å². The number of hydrogen-bond donors (Lipinski definition) is 0. The van der Waals surface area contributed by atoms with Gasteiger partial charge >= 0.3 is 0 Å². The van der Waals surface area contributed by atoms with Crippen molar-refractivity contribution in [3.63, 3.8) is 0 Å². The first-order chi connectivity index (χ1) is 32.7. The molecule has 0 spiro atoms. The molecular formula is C64H45NO. The van der Waals surface area contributed by atoms with E-state index in [1.807, 2.05) is 0 Å². The van der Waals surface area contributed by atoms with Crippen LogP contribution in [0.5, 0.6) is 0 Å². The van der Waals surface area contributed by atoms with Gasteiger partial charge in [0.2, 0.25) is 0 Å². The molecule has 66 heavy (non-hydrogen) atoms. The molecule has 0 N–H and O–H groups in total. The highest BCUT2D eigenvalue weighted by atomic mass is 16.3. The Morgan fingerprint density at radius 2 is 1.15 bits per heavy atom. The molecule has 13 rings (SSSR count). The fourth-order valence-corrected chi connectivity index (χ4v) is 11.0. The quantitative estimate of drug-likeness (QED) is 0.159. The lowest BCUT2D eigenvalue weighted by Crippen LogP contribution is -2.16. The molecule has 3 aliphatic rings. The van der Waals surface area contributed by atoms with Crippen molar-refractivity contribution in [2.75, 3.05) is 4.90 Å². The number of fused-ring (bicyclic) bond motifs is 9. The molecule has 0 aliphatic heterocycles. The average molecular weight is 844 g/mol. The van der Waals surface area contributed by atoms with E-state index in [2.05, 4.69) is 242 Å². The summed E-state index contributed by atoms with van der Waals surface area (Å²) in [5.74, 6) is 1.74. The number of rotatable bonds is 7. The topological polar surface area (TPSA) is 16.4 Å². The summed E-state index contributed by atoms with van der Waals surface area (Å²) in [7, 11) is 0. The number of hydrogen-bond acceptors (Lipinski definition) is 2. The van der Waals surface area contributed by atoms with Crippen LogP contribution in [0.4, 0.5) is 17.1 Å². The maximum absolute atomic E-state index is 6.47. The lowest BCUT2D eigenvalue weighted by molar-refractivity contribution is 0.548. The maximum atomic E-state index is 6.47. The molecule has 3 aliphatic carbocycles. The molecule has 2 nitrogen and oxygen atoms in total. The van der Waals surface area contributed by atoms with E-state index in [0.717, 1.165) is 41.2 Å². The van der Waals surface area contributed by atoms with Gasteiger partial charge in [-0.1, -0.05) is 188 Å². The number of furan rings is 1. The van der Waals surface area contributed by atoms with Crippen molar-refractivity contribution < 1.29 is 4.42 Å². The molecule has 0 saturated carbocycles. The van der Waals surface area contributed by atoms with Gasteiger partial charge in [0.05, 0.1) is 0 Å². The normalized spacial score (nSPS) is 16.1. The molecule has 0 fully saturated rings. The Hall–Kier alpha value is -8.20. The molecule has 1 heterocycles. The average Bonchev–Trinajstić information content (AvgIpc) is 3.78. The molecule has 0 radical (unpaired) electrons. The summed E-state index contributed by atoms with van der Waals surface area (Å²) in [4.78, 5) is 2.44. The summed E-state index contributed by atoms with van der Waals surface area (Å²) in [6, 6.07) is 73.5. The van der Waals surface area contributed by atoms with Crippen molar-refractivity contribution >= 4 is 66.8 Å². The molecule has 10 aromatic rings. The minimum atomic E-state index is 0.311. The zero-order chi connectivity index (χ0) is 43.6. The smallest absolute Gasteiger partial charge is 0.135 e. The van der Waals surface area contributed by atoms with Crippen LogP contribution < -0.4 is 4.90 Å². The van der Waals surface area contributed by atoms with E-state index >= 15 is 0 Å². The molecule has 0 saturated heterocycles. The third-order valence-corrected chi connectivity index (χ3v) is 14.1. The van der Waals surface area contributed by atoms with Gasteiger partial charge < -0.3 is 9.32 Å². The Bertz CT molecular complexity index is 3650. The third-order valence-electron chi connectivity index (χ3n) is 14.1.